The zero-order valence-corrected chi connectivity index (χ0v) is 19.5. The molecule has 0 bridgehead atoms. The second-order valence-corrected chi connectivity index (χ2v) is 9.00. The normalized spacial score (nSPS) is 17.5. The van der Waals surface area contributed by atoms with Crippen molar-refractivity contribution >= 4 is 5.82 Å². The molecule has 2 aliphatic rings. The first-order valence-electron chi connectivity index (χ1n) is 11.4. The Labute approximate surface area is 194 Å². The number of methoxy groups -OCH3 is 1. The third-order valence-electron chi connectivity index (χ3n) is 6.41. The van der Waals surface area contributed by atoms with Gasteiger partial charge in [-0.25, -0.2) is 9.67 Å². The summed E-state index contributed by atoms with van der Waals surface area (Å²) in [5, 5.41) is 27.6. The first-order chi connectivity index (χ1) is 15.9. The van der Waals surface area contributed by atoms with E-state index in [1.54, 1.807) is 16.9 Å². The van der Waals surface area contributed by atoms with Gasteiger partial charge in [-0.1, -0.05) is 0 Å². The van der Waals surface area contributed by atoms with E-state index in [0.29, 0.717) is 49.4 Å². The first-order valence-corrected chi connectivity index (χ1v) is 11.4. The third kappa shape index (κ3) is 5.21. The highest BCUT2D eigenvalue weighted by atomic mass is 16.5. The van der Waals surface area contributed by atoms with E-state index in [2.05, 4.69) is 21.3 Å². The molecule has 2 N–H and O–H groups in total. The molecule has 0 aliphatic carbocycles. The van der Waals surface area contributed by atoms with Crippen LogP contribution in [0.4, 0.5) is 5.82 Å². The van der Waals surface area contributed by atoms with Crippen LogP contribution >= 0.6 is 0 Å². The molecule has 0 unspecified atom stereocenters. The Morgan fingerprint density at radius 3 is 2.82 bits per heavy atom. The van der Waals surface area contributed by atoms with Gasteiger partial charge in [0.15, 0.2) is 0 Å². The largest absolute Gasteiger partial charge is 0.480 e. The fourth-order valence-corrected chi connectivity index (χ4v) is 4.44. The van der Waals surface area contributed by atoms with Gasteiger partial charge in [-0.3, -0.25) is 4.90 Å². The predicted molar refractivity (Wildman–Crippen MR) is 122 cm³/mol. The van der Waals surface area contributed by atoms with Crippen LogP contribution in [0.1, 0.15) is 37.8 Å². The number of likely N-dealkylation sites (tertiary alicyclic amines) is 1. The average molecular weight is 457 g/mol. The molecule has 1 fully saturated rings. The van der Waals surface area contributed by atoms with Crippen molar-refractivity contribution < 1.29 is 19.3 Å². The van der Waals surface area contributed by atoms with Crippen LogP contribution in [0.3, 0.4) is 0 Å². The van der Waals surface area contributed by atoms with Crippen molar-refractivity contribution in [1.29, 1.82) is 5.26 Å². The maximum Gasteiger partial charge on any atom is 0.238 e. The number of hydrogen-bond acceptors (Lipinski definition) is 9. The molecule has 4 rings (SSSR count). The molecule has 0 atom stereocenters. The summed E-state index contributed by atoms with van der Waals surface area (Å²) in [4.78, 5) is 6.61. The summed E-state index contributed by atoms with van der Waals surface area (Å²) in [6.45, 7) is 7.94. The van der Waals surface area contributed by atoms with Crippen LogP contribution in [0.5, 0.6) is 11.8 Å². The van der Waals surface area contributed by atoms with Crippen LogP contribution in [-0.2, 0) is 11.2 Å². The molecule has 0 saturated carbocycles. The number of rotatable bonds is 7. The number of ether oxygens (including phenoxy) is 3. The monoisotopic (exact) mass is 456 g/mol. The molecule has 4 heterocycles. The second-order valence-electron chi connectivity index (χ2n) is 9.00. The number of fused-ring (bicyclic) bond motifs is 1. The number of aromatic nitrogens is 3. The average Bonchev–Trinajstić information content (AvgIpc) is 2.98. The molecule has 0 radical (unpaired) electrons. The standard InChI is InChI=1S/C23H32N6O4/c1-23(2,30)17-4-7-28(8-5-17)9-11-33-22-19-6-10-32-15-26-20(19)29(27-22)18-12-16(13-24)21(31-3)25-14-18/h12,14,17,26,30H,4-11,15H2,1-3H3. The summed E-state index contributed by atoms with van der Waals surface area (Å²) < 4.78 is 18.6. The molecule has 33 heavy (non-hydrogen) atoms. The number of pyridine rings is 1. The lowest BCUT2D eigenvalue weighted by Crippen LogP contribution is -2.43. The molecule has 1 saturated heterocycles. The zero-order valence-electron chi connectivity index (χ0n) is 19.5. The molecule has 2 aromatic rings. The third-order valence-corrected chi connectivity index (χ3v) is 6.41. The number of nitrogens with one attached hydrogen (secondary N) is 1. The highest BCUT2D eigenvalue weighted by molar-refractivity contribution is 5.57. The lowest BCUT2D eigenvalue weighted by Gasteiger charge is -2.37. The van der Waals surface area contributed by atoms with E-state index in [4.69, 9.17) is 19.3 Å². The maximum atomic E-state index is 10.2. The van der Waals surface area contributed by atoms with Gasteiger partial charge in [-0.2, -0.15) is 5.26 Å². The molecule has 0 amide bonds. The number of piperidine rings is 1. The minimum absolute atomic E-state index is 0.278. The molecule has 10 heteroatoms. The van der Waals surface area contributed by atoms with Crippen molar-refractivity contribution in [1.82, 2.24) is 19.7 Å². The minimum atomic E-state index is -0.621. The molecule has 0 aromatic carbocycles. The Kier molecular flexibility index (Phi) is 7.02. The van der Waals surface area contributed by atoms with Crippen molar-refractivity contribution in [3.05, 3.63) is 23.4 Å². The van der Waals surface area contributed by atoms with E-state index < -0.39 is 5.60 Å². The molecular formula is C23H32N6O4. The van der Waals surface area contributed by atoms with Crippen LogP contribution < -0.4 is 14.8 Å². The number of hydrogen-bond donors (Lipinski definition) is 2. The predicted octanol–water partition coefficient (Wildman–Crippen LogP) is 1.95. The molecule has 10 nitrogen and oxygen atoms in total. The molecular weight excluding hydrogens is 424 g/mol. The van der Waals surface area contributed by atoms with E-state index in [1.807, 2.05) is 13.8 Å². The Bertz CT molecular complexity index is 1000. The smallest absolute Gasteiger partial charge is 0.238 e. The van der Waals surface area contributed by atoms with E-state index in [1.165, 1.54) is 7.11 Å². The summed E-state index contributed by atoms with van der Waals surface area (Å²) in [7, 11) is 1.49. The van der Waals surface area contributed by atoms with Crippen LogP contribution in [-0.4, -0.2) is 77.1 Å². The maximum absolute atomic E-state index is 10.2. The Morgan fingerprint density at radius 2 is 2.12 bits per heavy atom. The van der Waals surface area contributed by atoms with Crippen molar-refractivity contribution in [3.63, 3.8) is 0 Å². The highest BCUT2D eigenvalue weighted by Crippen LogP contribution is 2.32. The van der Waals surface area contributed by atoms with Gasteiger partial charge in [-0.15, -0.1) is 5.10 Å². The second kappa shape index (κ2) is 9.95. The number of aliphatic hydroxyl groups is 1. The SMILES string of the molecule is COc1ncc(-n2nc(OCCN3CCC(C(C)(C)O)CC3)c3c2NCOCC3)cc1C#N. The van der Waals surface area contributed by atoms with Gasteiger partial charge in [0.05, 0.1) is 36.8 Å². The number of nitriles is 1. The molecule has 2 aliphatic heterocycles. The topological polar surface area (TPSA) is 118 Å². The van der Waals surface area contributed by atoms with Gasteiger partial charge in [0, 0.05) is 13.0 Å². The van der Waals surface area contributed by atoms with Crippen molar-refractivity contribution in [2.45, 2.75) is 38.7 Å². The van der Waals surface area contributed by atoms with E-state index in [9.17, 15) is 10.4 Å². The fourth-order valence-electron chi connectivity index (χ4n) is 4.44. The van der Waals surface area contributed by atoms with Crippen LogP contribution in [0.15, 0.2) is 12.3 Å². The van der Waals surface area contributed by atoms with Crippen LogP contribution in [0.25, 0.3) is 5.69 Å². The van der Waals surface area contributed by atoms with Crippen molar-refractivity contribution in [2.75, 3.05) is 52.0 Å². The van der Waals surface area contributed by atoms with E-state index in [0.717, 1.165) is 43.9 Å². The lowest BCUT2D eigenvalue weighted by atomic mass is 9.83. The van der Waals surface area contributed by atoms with Gasteiger partial charge in [0.1, 0.15) is 30.8 Å². The van der Waals surface area contributed by atoms with Crippen molar-refractivity contribution in [2.24, 2.45) is 5.92 Å². The number of nitrogens with zero attached hydrogens (tertiary/aromatic N) is 5. The van der Waals surface area contributed by atoms with Gasteiger partial charge in [0.25, 0.3) is 0 Å². The number of anilines is 1. The van der Waals surface area contributed by atoms with Gasteiger partial charge in [0.2, 0.25) is 11.8 Å². The first kappa shape index (κ1) is 23.3. The van der Waals surface area contributed by atoms with Crippen LogP contribution in [0, 0.1) is 17.2 Å². The molecule has 0 spiro atoms. The van der Waals surface area contributed by atoms with E-state index >= 15 is 0 Å². The van der Waals surface area contributed by atoms with Gasteiger partial charge >= 0.3 is 0 Å². The summed E-state index contributed by atoms with van der Waals surface area (Å²) in [6.07, 6.45) is 4.27. The summed E-state index contributed by atoms with van der Waals surface area (Å²) in [5.41, 5.74) is 1.30. The lowest BCUT2D eigenvalue weighted by molar-refractivity contribution is -0.0138. The Balaban J connectivity index is 1.47. The molecule has 178 valence electrons. The minimum Gasteiger partial charge on any atom is -0.480 e. The van der Waals surface area contributed by atoms with Gasteiger partial charge < -0.3 is 24.6 Å². The van der Waals surface area contributed by atoms with E-state index in [-0.39, 0.29) is 5.88 Å². The van der Waals surface area contributed by atoms with Crippen LogP contribution in [0.2, 0.25) is 0 Å². The van der Waals surface area contributed by atoms with Gasteiger partial charge in [-0.05, 0) is 51.8 Å². The highest BCUT2D eigenvalue weighted by Gasteiger charge is 2.30. The Hall–Kier alpha value is -2.87. The zero-order chi connectivity index (χ0) is 23.4. The summed E-state index contributed by atoms with van der Waals surface area (Å²) >= 11 is 0. The quantitative estimate of drug-likeness (QED) is 0.644. The van der Waals surface area contributed by atoms with Crippen molar-refractivity contribution in [3.8, 4) is 23.5 Å². The summed E-state index contributed by atoms with van der Waals surface area (Å²) in [5.74, 6) is 1.96. The molecule has 2 aromatic heterocycles. The fraction of sp³-hybridized carbons (Fsp3) is 0.609. The summed E-state index contributed by atoms with van der Waals surface area (Å²) in [6, 6.07) is 3.81. The Morgan fingerprint density at radius 1 is 1.33 bits per heavy atom.